The van der Waals surface area contributed by atoms with Crippen molar-refractivity contribution >= 4 is 28.6 Å². The van der Waals surface area contributed by atoms with E-state index < -0.39 is 0 Å². The zero-order chi connectivity index (χ0) is 18.8. The topological polar surface area (TPSA) is 69.9 Å². The Morgan fingerprint density at radius 3 is 2.67 bits per heavy atom. The summed E-state index contributed by atoms with van der Waals surface area (Å²) in [5, 5.41) is 13.3. The molecule has 1 aromatic heterocycles. The molecule has 0 radical (unpaired) electrons. The molecule has 0 bridgehead atoms. The third-order valence-electron chi connectivity index (χ3n) is 5.31. The quantitative estimate of drug-likeness (QED) is 0.596. The summed E-state index contributed by atoms with van der Waals surface area (Å²) in [5.74, 6) is 0.172. The summed E-state index contributed by atoms with van der Waals surface area (Å²) >= 11 is 1.77. The van der Waals surface area contributed by atoms with Gasteiger partial charge in [-0.05, 0) is 29.5 Å². The number of para-hydroxylation sites is 2. The average molecular weight is 386 g/mol. The van der Waals surface area contributed by atoms with E-state index in [0.29, 0.717) is 31.9 Å². The second kappa shape index (κ2) is 7.66. The van der Waals surface area contributed by atoms with Crippen molar-refractivity contribution in [2.75, 3.05) is 44.2 Å². The van der Waals surface area contributed by atoms with E-state index in [1.165, 1.54) is 10.4 Å². The Kier molecular flexibility index (Phi) is 5.09. The molecular weight excluding hydrogens is 364 g/mol. The summed E-state index contributed by atoms with van der Waals surface area (Å²) in [4.78, 5) is 31.1. The number of thiophene rings is 1. The van der Waals surface area contributed by atoms with Crippen molar-refractivity contribution in [2.45, 2.75) is 13.0 Å². The minimum absolute atomic E-state index is 0.141. The molecule has 2 aromatic rings. The van der Waals surface area contributed by atoms with Crippen LogP contribution < -0.4 is 4.90 Å². The van der Waals surface area contributed by atoms with Gasteiger partial charge in [-0.15, -0.1) is 11.3 Å². The highest BCUT2D eigenvalue weighted by molar-refractivity contribution is 7.10. The van der Waals surface area contributed by atoms with E-state index in [9.17, 15) is 14.9 Å². The summed E-state index contributed by atoms with van der Waals surface area (Å²) in [7, 11) is 0. The van der Waals surface area contributed by atoms with Crippen molar-refractivity contribution in [1.29, 1.82) is 0 Å². The molecule has 1 saturated heterocycles. The summed E-state index contributed by atoms with van der Waals surface area (Å²) in [6.45, 7) is 4.77. The predicted molar refractivity (Wildman–Crippen MR) is 105 cm³/mol. The largest absolute Gasteiger partial charge is 0.363 e. The lowest BCUT2D eigenvalue weighted by atomic mass is 10.1. The van der Waals surface area contributed by atoms with Gasteiger partial charge in [0.25, 0.3) is 5.69 Å². The van der Waals surface area contributed by atoms with Gasteiger partial charge < -0.3 is 9.80 Å². The van der Waals surface area contributed by atoms with Crippen molar-refractivity contribution in [1.82, 2.24) is 9.80 Å². The molecular formula is C19H22N4O3S. The maximum absolute atomic E-state index is 12.7. The smallest absolute Gasteiger partial charge is 0.292 e. The van der Waals surface area contributed by atoms with Crippen molar-refractivity contribution in [2.24, 2.45) is 0 Å². The SMILES string of the molecule is O=C(CN1CCN(c2ccccc2[N+](=O)[O-])CC1)N1CCc2sccc2C1. The van der Waals surface area contributed by atoms with Gasteiger partial charge >= 0.3 is 0 Å². The van der Waals surface area contributed by atoms with Crippen LogP contribution in [0.25, 0.3) is 0 Å². The predicted octanol–water partition coefficient (Wildman–Crippen LogP) is 2.36. The van der Waals surface area contributed by atoms with Crippen LogP contribution >= 0.6 is 11.3 Å². The molecule has 0 saturated carbocycles. The lowest BCUT2D eigenvalue weighted by molar-refractivity contribution is -0.384. The van der Waals surface area contributed by atoms with Gasteiger partial charge in [0.2, 0.25) is 5.91 Å². The number of benzene rings is 1. The third-order valence-corrected chi connectivity index (χ3v) is 6.33. The fourth-order valence-corrected chi connectivity index (χ4v) is 4.68. The van der Waals surface area contributed by atoms with Gasteiger partial charge in [-0.1, -0.05) is 12.1 Å². The third kappa shape index (κ3) is 3.81. The van der Waals surface area contributed by atoms with Gasteiger partial charge in [-0.3, -0.25) is 19.8 Å². The molecule has 1 fully saturated rings. The first-order chi connectivity index (χ1) is 13.1. The Labute approximate surface area is 161 Å². The van der Waals surface area contributed by atoms with E-state index >= 15 is 0 Å². The Morgan fingerprint density at radius 1 is 1.11 bits per heavy atom. The minimum Gasteiger partial charge on any atom is -0.363 e. The number of fused-ring (bicyclic) bond motifs is 1. The number of nitro groups is 1. The Morgan fingerprint density at radius 2 is 1.89 bits per heavy atom. The fraction of sp³-hybridized carbons (Fsp3) is 0.421. The molecule has 3 heterocycles. The number of rotatable bonds is 4. The van der Waals surface area contributed by atoms with Crippen molar-refractivity contribution < 1.29 is 9.72 Å². The number of carbonyl (C=O) groups is 1. The van der Waals surface area contributed by atoms with E-state index in [4.69, 9.17) is 0 Å². The zero-order valence-corrected chi connectivity index (χ0v) is 15.9. The first kappa shape index (κ1) is 17.9. The van der Waals surface area contributed by atoms with E-state index in [1.807, 2.05) is 15.9 Å². The molecule has 2 aliphatic heterocycles. The van der Waals surface area contributed by atoms with Gasteiger partial charge in [-0.2, -0.15) is 0 Å². The lowest BCUT2D eigenvalue weighted by Gasteiger charge is -2.36. The molecule has 0 unspecified atom stereocenters. The van der Waals surface area contributed by atoms with Crippen molar-refractivity contribution in [3.8, 4) is 0 Å². The maximum atomic E-state index is 12.7. The van der Waals surface area contributed by atoms with Crippen LogP contribution in [-0.4, -0.2) is 59.9 Å². The molecule has 4 rings (SSSR count). The Balaban J connectivity index is 1.32. The molecule has 8 heteroatoms. The lowest BCUT2D eigenvalue weighted by Crippen LogP contribution is -2.50. The average Bonchev–Trinajstić information content (AvgIpc) is 3.16. The van der Waals surface area contributed by atoms with Gasteiger partial charge in [0.05, 0.1) is 11.5 Å². The van der Waals surface area contributed by atoms with Crippen LogP contribution in [0.5, 0.6) is 0 Å². The molecule has 142 valence electrons. The zero-order valence-electron chi connectivity index (χ0n) is 15.0. The van der Waals surface area contributed by atoms with E-state index in [2.05, 4.69) is 16.3 Å². The normalized spacial score (nSPS) is 17.6. The number of anilines is 1. The van der Waals surface area contributed by atoms with Crippen LogP contribution in [0.15, 0.2) is 35.7 Å². The second-order valence-electron chi connectivity index (χ2n) is 6.94. The van der Waals surface area contributed by atoms with Crippen LogP contribution in [0.1, 0.15) is 10.4 Å². The Bertz CT molecular complexity index is 845. The number of piperazine rings is 1. The fourth-order valence-electron chi connectivity index (χ4n) is 3.79. The van der Waals surface area contributed by atoms with E-state index in [0.717, 1.165) is 26.1 Å². The molecule has 0 atom stereocenters. The van der Waals surface area contributed by atoms with E-state index in [1.54, 1.807) is 29.5 Å². The highest BCUT2D eigenvalue weighted by atomic mass is 32.1. The van der Waals surface area contributed by atoms with Gasteiger partial charge in [0.15, 0.2) is 0 Å². The highest BCUT2D eigenvalue weighted by Crippen LogP contribution is 2.28. The monoisotopic (exact) mass is 386 g/mol. The molecule has 2 aliphatic rings. The minimum atomic E-state index is -0.333. The number of amides is 1. The maximum Gasteiger partial charge on any atom is 0.292 e. The van der Waals surface area contributed by atoms with Gasteiger partial charge in [0, 0.05) is 50.2 Å². The summed E-state index contributed by atoms with van der Waals surface area (Å²) in [5.41, 5.74) is 2.08. The number of nitrogens with zero attached hydrogens (tertiary/aromatic N) is 4. The molecule has 1 amide bonds. The van der Waals surface area contributed by atoms with Gasteiger partial charge in [-0.25, -0.2) is 0 Å². The molecule has 0 N–H and O–H groups in total. The van der Waals surface area contributed by atoms with Crippen LogP contribution in [0.2, 0.25) is 0 Å². The molecule has 27 heavy (non-hydrogen) atoms. The Hall–Kier alpha value is -2.45. The first-order valence-corrected chi connectivity index (χ1v) is 10.0. The van der Waals surface area contributed by atoms with E-state index in [-0.39, 0.29) is 16.5 Å². The summed E-state index contributed by atoms with van der Waals surface area (Å²) in [6, 6.07) is 8.97. The van der Waals surface area contributed by atoms with Crippen LogP contribution in [0.3, 0.4) is 0 Å². The van der Waals surface area contributed by atoms with Crippen molar-refractivity contribution in [3.63, 3.8) is 0 Å². The summed E-state index contributed by atoms with van der Waals surface area (Å²) < 4.78 is 0. The standard InChI is InChI=1S/C19H22N4O3S/c24-19(22-7-5-18-15(13-22)6-12-27-18)14-20-8-10-21(11-9-20)16-3-1-2-4-17(16)23(25)26/h1-4,6,12H,5,7-11,13-14H2. The van der Waals surface area contributed by atoms with Crippen LogP contribution in [0.4, 0.5) is 11.4 Å². The molecule has 0 spiro atoms. The van der Waals surface area contributed by atoms with Crippen LogP contribution in [-0.2, 0) is 17.8 Å². The number of hydrogen-bond acceptors (Lipinski definition) is 6. The van der Waals surface area contributed by atoms with Crippen molar-refractivity contribution in [3.05, 3.63) is 56.3 Å². The number of hydrogen-bond donors (Lipinski definition) is 0. The molecule has 7 nitrogen and oxygen atoms in total. The second-order valence-corrected chi connectivity index (χ2v) is 7.94. The molecule has 0 aliphatic carbocycles. The first-order valence-electron chi connectivity index (χ1n) is 9.15. The van der Waals surface area contributed by atoms with Gasteiger partial charge in [0.1, 0.15) is 5.69 Å². The number of carbonyl (C=O) groups excluding carboxylic acids is 1. The number of nitro benzene ring substituents is 1. The van der Waals surface area contributed by atoms with Crippen LogP contribution in [0, 0.1) is 10.1 Å². The summed E-state index contributed by atoms with van der Waals surface area (Å²) in [6.07, 6.45) is 0.949. The highest BCUT2D eigenvalue weighted by Gasteiger charge is 2.27. The molecule has 1 aromatic carbocycles.